The summed E-state index contributed by atoms with van der Waals surface area (Å²) in [6, 6.07) is 0. The Hall–Kier alpha value is -0.910. The monoisotopic (exact) mass is 228 g/mol. The molecule has 0 amide bonds. The highest BCUT2D eigenvalue weighted by Gasteiger charge is 2.34. The molecule has 0 aromatic heterocycles. The van der Waals surface area contributed by atoms with Gasteiger partial charge in [0.2, 0.25) is 0 Å². The second-order valence-corrected chi connectivity index (χ2v) is 4.10. The van der Waals surface area contributed by atoms with Gasteiger partial charge >= 0.3 is 5.97 Å². The molecule has 5 nitrogen and oxygen atoms in total. The number of esters is 1. The van der Waals surface area contributed by atoms with Gasteiger partial charge in [0.1, 0.15) is 12.9 Å². The molecule has 5 heteroatoms. The minimum atomic E-state index is -0.576. The second kappa shape index (κ2) is 4.95. The fourth-order valence-corrected chi connectivity index (χ4v) is 2.05. The zero-order chi connectivity index (χ0) is 11.5. The minimum absolute atomic E-state index is 0.107. The molecule has 4 unspecified atom stereocenters. The van der Waals surface area contributed by atoms with Crippen LogP contribution in [0.1, 0.15) is 19.8 Å². The molecule has 0 radical (unpaired) electrons. The molecular formula is C11H16O5. The summed E-state index contributed by atoms with van der Waals surface area (Å²) >= 11 is 0. The van der Waals surface area contributed by atoms with Gasteiger partial charge in [-0.3, -0.25) is 4.79 Å². The molecule has 0 saturated carbocycles. The first-order valence-corrected chi connectivity index (χ1v) is 5.42. The third-order valence-corrected chi connectivity index (χ3v) is 2.78. The minimum Gasteiger partial charge on any atom is -0.458 e. The smallest absolute Gasteiger partial charge is 0.303 e. The first-order valence-electron chi connectivity index (χ1n) is 5.42. The molecule has 2 aliphatic rings. The molecule has 1 aliphatic carbocycles. The molecular weight excluding hydrogens is 212 g/mol. The largest absolute Gasteiger partial charge is 0.458 e. The van der Waals surface area contributed by atoms with Gasteiger partial charge in [0.05, 0.1) is 18.3 Å². The van der Waals surface area contributed by atoms with E-state index in [9.17, 15) is 9.90 Å². The Morgan fingerprint density at radius 2 is 2.00 bits per heavy atom. The van der Waals surface area contributed by atoms with Crippen molar-refractivity contribution in [2.45, 2.75) is 44.2 Å². The lowest BCUT2D eigenvalue weighted by atomic mass is 9.97. The van der Waals surface area contributed by atoms with Crippen LogP contribution in [0.2, 0.25) is 0 Å². The van der Waals surface area contributed by atoms with Gasteiger partial charge in [0.25, 0.3) is 0 Å². The van der Waals surface area contributed by atoms with Crippen LogP contribution in [0.3, 0.4) is 0 Å². The van der Waals surface area contributed by atoms with Gasteiger partial charge in [-0.2, -0.15) is 0 Å². The van der Waals surface area contributed by atoms with E-state index in [2.05, 4.69) is 0 Å². The molecule has 1 fully saturated rings. The fraction of sp³-hybridized carbons (Fsp3) is 0.727. The molecule has 90 valence electrons. The van der Waals surface area contributed by atoms with Gasteiger partial charge in [-0.15, -0.1) is 0 Å². The Labute approximate surface area is 94.0 Å². The third kappa shape index (κ3) is 2.81. The van der Waals surface area contributed by atoms with Crippen LogP contribution < -0.4 is 0 Å². The number of aliphatic hydroxyl groups excluding tert-OH is 1. The lowest BCUT2D eigenvalue weighted by Crippen LogP contribution is -2.33. The number of ether oxygens (including phenoxy) is 3. The molecule has 1 N–H and O–H groups in total. The van der Waals surface area contributed by atoms with Crippen molar-refractivity contribution < 1.29 is 24.1 Å². The summed E-state index contributed by atoms with van der Waals surface area (Å²) in [4.78, 5) is 10.9. The summed E-state index contributed by atoms with van der Waals surface area (Å²) in [5.41, 5.74) is 0. The number of hydrogen-bond donors (Lipinski definition) is 1. The molecule has 16 heavy (non-hydrogen) atoms. The van der Waals surface area contributed by atoms with Crippen molar-refractivity contribution >= 4 is 5.97 Å². The second-order valence-electron chi connectivity index (χ2n) is 4.10. The molecule has 1 heterocycles. The van der Waals surface area contributed by atoms with E-state index in [-0.39, 0.29) is 31.1 Å². The summed E-state index contributed by atoms with van der Waals surface area (Å²) < 4.78 is 15.9. The van der Waals surface area contributed by atoms with Gasteiger partial charge < -0.3 is 19.3 Å². The van der Waals surface area contributed by atoms with E-state index < -0.39 is 6.10 Å². The Balaban J connectivity index is 2.05. The van der Waals surface area contributed by atoms with Crippen molar-refractivity contribution in [3.05, 3.63) is 12.2 Å². The van der Waals surface area contributed by atoms with Crippen molar-refractivity contribution in [1.82, 2.24) is 0 Å². The summed E-state index contributed by atoms with van der Waals surface area (Å²) in [5.74, 6) is -0.333. The summed E-state index contributed by atoms with van der Waals surface area (Å²) in [5, 5.41) is 9.65. The Bertz CT molecular complexity index is 288. The average molecular weight is 228 g/mol. The van der Waals surface area contributed by atoms with Crippen LogP contribution in [-0.2, 0) is 19.0 Å². The number of hydrogen-bond acceptors (Lipinski definition) is 5. The van der Waals surface area contributed by atoms with E-state index in [1.54, 1.807) is 12.2 Å². The molecule has 1 aliphatic heterocycles. The van der Waals surface area contributed by atoms with Crippen LogP contribution in [0.4, 0.5) is 0 Å². The van der Waals surface area contributed by atoms with E-state index in [4.69, 9.17) is 14.2 Å². The normalized spacial score (nSPS) is 40.6. The molecule has 0 aromatic rings. The van der Waals surface area contributed by atoms with Gasteiger partial charge in [0, 0.05) is 19.8 Å². The van der Waals surface area contributed by atoms with Crippen LogP contribution in [0.15, 0.2) is 12.2 Å². The molecule has 2 rings (SSSR count). The average Bonchev–Trinajstić information content (AvgIpc) is 2.58. The Morgan fingerprint density at radius 3 is 2.69 bits per heavy atom. The van der Waals surface area contributed by atoms with Gasteiger partial charge in [-0.1, -0.05) is 6.08 Å². The highest BCUT2D eigenvalue weighted by molar-refractivity contribution is 5.66. The first-order chi connectivity index (χ1) is 7.65. The summed E-state index contributed by atoms with van der Waals surface area (Å²) in [6.07, 6.45) is 3.31. The standard InChI is InChI=1S/C11H16O5/c1-7(12)16-9-3-2-8(13)4-10-11(5-9)15-6-14-10/h2-3,8-11,13H,4-6H2,1H3/b3-2+. The van der Waals surface area contributed by atoms with Crippen molar-refractivity contribution in [2.75, 3.05) is 6.79 Å². The van der Waals surface area contributed by atoms with Gasteiger partial charge in [-0.25, -0.2) is 0 Å². The lowest BCUT2D eigenvalue weighted by Gasteiger charge is -2.24. The van der Waals surface area contributed by atoms with E-state index >= 15 is 0 Å². The number of carbonyl (C=O) groups is 1. The summed E-state index contributed by atoms with van der Waals surface area (Å²) in [7, 11) is 0. The maximum absolute atomic E-state index is 10.9. The first kappa shape index (κ1) is 11.6. The van der Waals surface area contributed by atoms with Crippen molar-refractivity contribution in [1.29, 1.82) is 0 Å². The molecule has 4 atom stereocenters. The van der Waals surface area contributed by atoms with Gasteiger partial charge in [0.15, 0.2) is 0 Å². The predicted molar refractivity (Wildman–Crippen MR) is 54.5 cm³/mol. The zero-order valence-corrected chi connectivity index (χ0v) is 9.17. The lowest BCUT2D eigenvalue weighted by molar-refractivity contribution is -0.145. The maximum atomic E-state index is 10.9. The highest BCUT2D eigenvalue weighted by atomic mass is 16.7. The molecule has 0 bridgehead atoms. The number of fused-ring (bicyclic) bond motifs is 1. The van der Waals surface area contributed by atoms with Crippen LogP contribution in [0.5, 0.6) is 0 Å². The predicted octanol–water partition coefficient (Wildman–Crippen LogP) is 0.371. The number of carbonyl (C=O) groups excluding carboxylic acids is 1. The fourth-order valence-electron chi connectivity index (χ4n) is 2.05. The third-order valence-electron chi connectivity index (χ3n) is 2.78. The quantitative estimate of drug-likeness (QED) is 0.519. The van der Waals surface area contributed by atoms with Crippen molar-refractivity contribution in [2.24, 2.45) is 0 Å². The highest BCUT2D eigenvalue weighted by Crippen LogP contribution is 2.25. The van der Waals surface area contributed by atoms with Crippen molar-refractivity contribution in [3.8, 4) is 0 Å². The summed E-state index contributed by atoms with van der Waals surface area (Å²) in [6.45, 7) is 1.61. The topological polar surface area (TPSA) is 65.0 Å². The maximum Gasteiger partial charge on any atom is 0.303 e. The SMILES string of the molecule is CC(=O)OC1/C=C/C(O)CC2OCOC2C1. The van der Waals surface area contributed by atoms with Gasteiger partial charge in [-0.05, 0) is 6.08 Å². The number of aliphatic hydroxyl groups is 1. The number of rotatable bonds is 1. The molecule has 0 aromatic carbocycles. The van der Waals surface area contributed by atoms with Crippen molar-refractivity contribution in [3.63, 3.8) is 0 Å². The van der Waals surface area contributed by atoms with Crippen LogP contribution >= 0.6 is 0 Å². The van der Waals surface area contributed by atoms with E-state index in [0.717, 1.165) is 0 Å². The molecule has 1 saturated heterocycles. The zero-order valence-electron chi connectivity index (χ0n) is 9.17. The van der Waals surface area contributed by atoms with Crippen LogP contribution in [0, 0.1) is 0 Å². The van der Waals surface area contributed by atoms with E-state index in [0.29, 0.717) is 12.8 Å². The van der Waals surface area contributed by atoms with E-state index in [1.807, 2.05) is 0 Å². The van der Waals surface area contributed by atoms with E-state index in [1.165, 1.54) is 6.92 Å². The van der Waals surface area contributed by atoms with Crippen LogP contribution in [-0.4, -0.2) is 42.3 Å². The Morgan fingerprint density at radius 1 is 1.31 bits per heavy atom. The van der Waals surface area contributed by atoms with Crippen LogP contribution in [0.25, 0.3) is 0 Å². The molecule has 0 spiro atoms. The Kier molecular flexibility index (Phi) is 3.58.